The fourth-order valence-electron chi connectivity index (χ4n) is 4.22. The number of rotatable bonds is 7. The first-order chi connectivity index (χ1) is 17.6. The molecule has 0 aliphatic heterocycles. The summed E-state index contributed by atoms with van der Waals surface area (Å²) in [6.45, 7) is 5.52. The number of ether oxygens (including phenoxy) is 1. The van der Waals surface area contributed by atoms with E-state index < -0.39 is 25.1 Å². The lowest BCUT2D eigenvalue weighted by Crippen LogP contribution is -2.31. The molecule has 4 rings (SSSR count). The zero-order chi connectivity index (χ0) is 26.6. The van der Waals surface area contributed by atoms with Crippen molar-refractivity contribution in [3.8, 4) is 11.1 Å². The molecule has 2 nitrogen and oxygen atoms in total. The Balaban J connectivity index is 1.96. The Morgan fingerprint density at radius 2 is 1.35 bits per heavy atom. The minimum absolute atomic E-state index is 0.248. The predicted octanol–water partition coefficient (Wildman–Crippen LogP) is 6.97. The minimum atomic E-state index is -4.49. The molecule has 0 aromatic heterocycles. The highest BCUT2D eigenvalue weighted by Gasteiger charge is 2.34. The van der Waals surface area contributed by atoms with Crippen molar-refractivity contribution in [2.75, 3.05) is 6.61 Å². The molecule has 4 aromatic carbocycles. The molecule has 0 heterocycles. The Kier molecular flexibility index (Phi) is 7.85. The maximum atomic E-state index is 13.9. The van der Waals surface area contributed by atoms with Crippen molar-refractivity contribution in [3.63, 3.8) is 0 Å². The van der Waals surface area contributed by atoms with Crippen LogP contribution < -0.4 is 15.9 Å². The number of benzene rings is 4. The lowest BCUT2D eigenvalue weighted by Gasteiger charge is -2.26. The molecule has 4 aromatic rings. The van der Waals surface area contributed by atoms with Crippen LogP contribution in [0.1, 0.15) is 31.9 Å². The van der Waals surface area contributed by atoms with Gasteiger partial charge in [-0.25, -0.2) is 0 Å². The molecule has 0 saturated carbocycles. The summed E-state index contributed by atoms with van der Waals surface area (Å²) in [6, 6.07) is 30.9. The molecule has 37 heavy (non-hydrogen) atoms. The van der Waals surface area contributed by atoms with Gasteiger partial charge in [0.25, 0.3) is 0 Å². The highest BCUT2D eigenvalue weighted by molar-refractivity contribution is 7.80. The summed E-state index contributed by atoms with van der Waals surface area (Å²) in [5.41, 5.74) is 0.121. The van der Waals surface area contributed by atoms with Crippen LogP contribution in [0.15, 0.2) is 103 Å². The second kappa shape index (κ2) is 10.9. The summed E-state index contributed by atoms with van der Waals surface area (Å²) in [5.74, 6) is -0.382. The highest BCUT2D eigenvalue weighted by Crippen LogP contribution is 2.40. The van der Waals surface area contributed by atoms with E-state index in [4.69, 9.17) is 4.74 Å². The van der Waals surface area contributed by atoms with Crippen LogP contribution in [0.25, 0.3) is 11.1 Å². The van der Waals surface area contributed by atoms with Gasteiger partial charge in [0.05, 0.1) is 17.6 Å². The Labute approximate surface area is 216 Å². The lowest BCUT2D eigenvalue weighted by molar-refractivity contribution is -0.148. The van der Waals surface area contributed by atoms with Crippen molar-refractivity contribution in [2.45, 2.75) is 32.4 Å². The summed E-state index contributed by atoms with van der Waals surface area (Å²) in [7, 11) is -1.15. The van der Waals surface area contributed by atoms with E-state index in [0.717, 1.165) is 22.0 Å². The summed E-state index contributed by atoms with van der Waals surface area (Å²) in [6.07, 6.45) is -4.49. The standard InChI is InChI=1S/C31H28F3O2P/c1-4-36-29(35)30(2,3)23-13-11-12-22(20-23)27-21-24(31(32,33)34)18-19-28(27)37(25-14-7-5-8-15-25)26-16-9-6-10-17-26/h5-21H,4H2,1-3H3. The van der Waals surface area contributed by atoms with E-state index in [1.54, 1.807) is 45.0 Å². The molecule has 0 unspecified atom stereocenters. The van der Waals surface area contributed by atoms with Crippen LogP contribution in [0.3, 0.4) is 0 Å². The molecule has 0 radical (unpaired) electrons. The second-order valence-corrected chi connectivity index (χ2v) is 11.3. The van der Waals surface area contributed by atoms with Gasteiger partial charge < -0.3 is 4.74 Å². The van der Waals surface area contributed by atoms with E-state index in [1.165, 1.54) is 6.07 Å². The Hall–Kier alpha value is -3.43. The first kappa shape index (κ1) is 26.6. The van der Waals surface area contributed by atoms with Crippen LogP contribution in [0, 0.1) is 0 Å². The molecular formula is C31H28F3O2P. The molecule has 0 aliphatic carbocycles. The lowest BCUT2D eigenvalue weighted by atomic mass is 9.83. The number of carbonyl (C=O) groups is 1. The summed E-state index contributed by atoms with van der Waals surface area (Å²) < 4.78 is 46.9. The van der Waals surface area contributed by atoms with Crippen molar-refractivity contribution in [1.29, 1.82) is 0 Å². The monoisotopic (exact) mass is 520 g/mol. The van der Waals surface area contributed by atoms with Gasteiger partial charge in [0.1, 0.15) is 0 Å². The number of halogens is 3. The fraction of sp³-hybridized carbons (Fsp3) is 0.194. The molecule has 0 fully saturated rings. The van der Waals surface area contributed by atoms with Crippen molar-refractivity contribution >= 4 is 29.8 Å². The molecule has 0 N–H and O–H groups in total. The number of esters is 1. The van der Waals surface area contributed by atoms with Crippen LogP contribution in [-0.4, -0.2) is 12.6 Å². The van der Waals surface area contributed by atoms with E-state index in [-0.39, 0.29) is 12.6 Å². The Bertz CT molecular complexity index is 1330. The van der Waals surface area contributed by atoms with Gasteiger partial charge in [0.2, 0.25) is 0 Å². The number of carbonyl (C=O) groups excluding carboxylic acids is 1. The smallest absolute Gasteiger partial charge is 0.416 e. The van der Waals surface area contributed by atoms with Crippen molar-refractivity contribution < 1.29 is 22.7 Å². The average molecular weight is 521 g/mol. The third-order valence-corrected chi connectivity index (χ3v) is 8.78. The van der Waals surface area contributed by atoms with E-state index in [9.17, 15) is 18.0 Å². The fourth-order valence-corrected chi connectivity index (χ4v) is 6.68. The number of alkyl halides is 3. The normalized spacial score (nSPS) is 12.0. The van der Waals surface area contributed by atoms with Gasteiger partial charge in [-0.2, -0.15) is 13.2 Å². The van der Waals surface area contributed by atoms with Gasteiger partial charge in [-0.05, 0) is 73.4 Å². The molecule has 0 aliphatic rings. The average Bonchev–Trinajstić information content (AvgIpc) is 2.90. The largest absolute Gasteiger partial charge is 0.465 e. The Morgan fingerprint density at radius 1 is 0.757 bits per heavy atom. The number of hydrogen-bond donors (Lipinski definition) is 0. The Morgan fingerprint density at radius 3 is 1.89 bits per heavy atom. The van der Waals surface area contributed by atoms with Crippen LogP contribution in [0.2, 0.25) is 0 Å². The minimum Gasteiger partial charge on any atom is -0.465 e. The summed E-state index contributed by atoms with van der Waals surface area (Å²) in [5, 5.41) is 2.88. The van der Waals surface area contributed by atoms with Gasteiger partial charge in [0, 0.05) is 0 Å². The van der Waals surface area contributed by atoms with Gasteiger partial charge in [0.15, 0.2) is 0 Å². The van der Waals surface area contributed by atoms with Crippen molar-refractivity contribution in [2.24, 2.45) is 0 Å². The van der Waals surface area contributed by atoms with Gasteiger partial charge in [-0.1, -0.05) is 91.0 Å². The zero-order valence-corrected chi connectivity index (χ0v) is 21.8. The van der Waals surface area contributed by atoms with Crippen molar-refractivity contribution in [1.82, 2.24) is 0 Å². The van der Waals surface area contributed by atoms with Crippen LogP contribution in [0.4, 0.5) is 13.2 Å². The first-order valence-electron chi connectivity index (χ1n) is 12.0. The van der Waals surface area contributed by atoms with Gasteiger partial charge >= 0.3 is 12.1 Å². The van der Waals surface area contributed by atoms with E-state index in [0.29, 0.717) is 16.7 Å². The van der Waals surface area contributed by atoms with E-state index in [1.807, 2.05) is 66.7 Å². The van der Waals surface area contributed by atoms with E-state index in [2.05, 4.69) is 0 Å². The molecule has 0 spiro atoms. The first-order valence-corrected chi connectivity index (χ1v) is 13.4. The quantitative estimate of drug-likeness (QED) is 0.194. The van der Waals surface area contributed by atoms with Crippen LogP contribution in [0.5, 0.6) is 0 Å². The molecule has 0 amide bonds. The van der Waals surface area contributed by atoms with Gasteiger partial charge in [-0.15, -0.1) is 0 Å². The topological polar surface area (TPSA) is 26.3 Å². The van der Waals surface area contributed by atoms with Crippen LogP contribution >= 0.6 is 7.92 Å². The maximum Gasteiger partial charge on any atom is 0.416 e. The van der Waals surface area contributed by atoms with E-state index >= 15 is 0 Å². The SMILES string of the molecule is CCOC(=O)C(C)(C)c1cccc(-c2cc(C(F)(F)F)ccc2P(c2ccccc2)c2ccccc2)c1. The summed E-state index contributed by atoms with van der Waals surface area (Å²) in [4.78, 5) is 12.7. The molecule has 0 bridgehead atoms. The predicted molar refractivity (Wildman–Crippen MR) is 145 cm³/mol. The second-order valence-electron chi connectivity index (χ2n) is 9.16. The zero-order valence-electron chi connectivity index (χ0n) is 20.9. The highest BCUT2D eigenvalue weighted by atomic mass is 31.1. The number of hydrogen-bond acceptors (Lipinski definition) is 2. The summed E-state index contributed by atoms with van der Waals surface area (Å²) >= 11 is 0. The molecule has 190 valence electrons. The third-order valence-electron chi connectivity index (χ3n) is 6.27. The maximum absolute atomic E-state index is 13.9. The van der Waals surface area contributed by atoms with Gasteiger partial charge in [-0.3, -0.25) is 4.79 Å². The molecule has 6 heteroatoms. The van der Waals surface area contributed by atoms with Crippen molar-refractivity contribution in [3.05, 3.63) is 114 Å². The molecular weight excluding hydrogens is 492 g/mol. The molecule has 0 saturated heterocycles. The third kappa shape index (κ3) is 5.78. The molecule has 0 atom stereocenters. The van der Waals surface area contributed by atoms with Crippen LogP contribution in [-0.2, 0) is 21.1 Å².